The van der Waals surface area contributed by atoms with Crippen molar-refractivity contribution in [3.8, 4) is 0 Å². The van der Waals surface area contributed by atoms with E-state index in [2.05, 4.69) is 9.44 Å². The van der Waals surface area contributed by atoms with Crippen molar-refractivity contribution in [3.05, 3.63) is 53.6 Å². The van der Waals surface area contributed by atoms with Gasteiger partial charge in [-0.05, 0) is 49.7 Å². The van der Waals surface area contributed by atoms with E-state index in [9.17, 15) is 16.8 Å². The fourth-order valence-corrected chi connectivity index (χ4v) is 3.98. The van der Waals surface area contributed by atoms with E-state index in [0.717, 1.165) is 11.8 Å². The number of rotatable bonds is 5. The maximum Gasteiger partial charge on any atom is 0.262 e. The quantitative estimate of drug-likeness (QED) is 0.863. The predicted octanol–water partition coefficient (Wildman–Crippen LogP) is 2.48. The Hall–Kier alpha value is -2.06. The summed E-state index contributed by atoms with van der Waals surface area (Å²) in [6.45, 7) is 3.63. The first kappa shape index (κ1) is 17.3. The highest BCUT2D eigenvalue weighted by molar-refractivity contribution is 7.92. The molecule has 0 amide bonds. The first-order chi connectivity index (χ1) is 10.6. The summed E-state index contributed by atoms with van der Waals surface area (Å²) in [4.78, 5) is 0.210. The van der Waals surface area contributed by atoms with Gasteiger partial charge in [-0.3, -0.25) is 9.44 Å². The van der Waals surface area contributed by atoms with Crippen LogP contribution in [0.25, 0.3) is 0 Å². The lowest BCUT2D eigenvalue weighted by Crippen LogP contribution is -2.14. The number of sulfonamides is 2. The number of benzene rings is 2. The normalized spacial score (nSPS) is 12.0. The molecule has 0 unspecified atom stereocenters. The van der Waals surface area contributed by atoms with E-state index in [-0.39, 0.29) is 4.90 Å². The Bertz CT molecular complexity index is 918. The highest BCUT2D eigenvalue weighted by atomic mass is 32.2. The van der Waals surface area contributed by atoms with Crippen molar-refractivity contribution in [2.75, 3.05) is 15.7 Å². The molecule has 0 radical (unpaired) electrons. The third kappa shape index (κ3) is 4.70. The third-order valence-electron chi connectivity index (χ3n) is 3.06. The molecule has 0 saturated heterocycles. The standard InChI is InChI=1S/C15H18N2O4S2/c1-11-4-9-15(12(2)10-11)23(20,21)17-14-7-5-13(6-8-14)16-22(3,18)19/h4-10,16-17H,1-3H3. The maximum atomic E-state index is 12.4. The summed E-state index contributed by atoms with van der Waals surface area (Å²) in [6.07, 6.45) is 1.05. The van der Waals surface area contributed by atoms with E-state index < -0.39 is 20.0 Å². The van der Waals surface area contributed by atoms with Crippen molar-refractivity contribution in [1.29, 1.82) is 0 Å². The number of nitrogens with one attached hydrogen (secondary N) is 2. The summed E-state index contributed by atoms with van der Waals surface area (Å²) in [5, 5.41) is 0. The molecule has 2 rings (SSSR count). The summed E-state index contributed by atoms with van der Waals surface area (Å²) < 4.78 is 51.9. The van der Waals surface area contributed by atoms with Crippen LogP contribution in [-0.4, -0.2) is 23.1 Å². The van der Waals surface area contributed by atoms with Crippen LogP contribution in [0.1, 0.15) is 11.1 Å². The molecule has 6 nitrogen and oxygen atoms in total. The summed E-state index contributed by atoms with van der Waals surface area (Å²) in [7, 11) is -7.06. The average Bonchev–Trinajstić information content (AvgIpc) is 2.38. The van der Waals surface area contributed by atoms with Crippen LogP contribution < -0.4 is 9.44 Å². The van der Waals surface area contributed by atoms with E-state index in [1.54, 1.807) is 25.1 Å². The molecule has 23 heavy (non-hydrogen) atoms. The molecule has 0 atom stereocenters. The molecule has 0 heterocycles. The fourth-order valence-electron chi connectivity index (χ4n) is 2.13. The molecule has 2 N–H and O–H groups in total. The molecule has 0 aliphatic heterocycles. The topological polar surface area (TPSA) is 92.3 Å². The molecule has 2 aromatic carbocycles. The summed E-state index contributed by atoms with van der Waals surface area (Å²) in [5.41, 5.74) is 2.36. The zero-order valence-electron chi connectivity index (χ0n) is 13.0. The second kappa shape index (κ2) is 6.21. The molecule has 2 aromatic rings. The van der Waals surface area contributed by atoms with Gasteiger partial charge in [-0.2, -0.15) is 0 Å². The second-order valence-corrected chi connectivity index (χ2v) is 8.73. The maximum absolute atomic E-state index is 12.4. The van der Waals surface area contributed by atoms with Gasteiger partial charge < -0.3 is 0 Å². The molecule has 0 spiro atoms. The number of anilines is 2. The lowest BCUT2D eigenvalue weighted by atomic mass is 10.2. The minimum Gasteiger partial charge on any atom is -0.284 e. The average molecular weight is 354 g/mol. The number of hydrogen-bond donors (Lipinski definition) is 2. The molecule has 8 heteroatoms. The van der Waals surface area contributed by atoms with Crippen LogP contribution in [-0.2, 0) is 20.0 Å². The van der Waals surface area contributed by atoms with Crippen LogP contribution >= 0.6 is 0 Å². The van der Waals surface area contributed by atoms with E-state index in [4.69, 9.17) is 0 Å². The van der Waals surface area contributed by atoms with Crippen molar-refractivity contribution in [1.82, 2.24) is 0 Å². The highest BCUT2D eigenvalue weighted by Gasteiger charge is 2.16. The lowest BCUT2D eigenvalue weighted by molar-refractivity contribution is 0.600. The van der Waals surface area contributed by atoms with Gasteiger partial charge in [-0.15, -0.1) is 0 Å². The van der Waals surface area contributed by atoms with Crippen molar-refractivity contribution in [3.63, 3.8) is 0 Å². The van der Waals surface area contributed by atoms with Crippen LogP contribution in [0.2, 0.25) is 0 Å². The minimum absolute atomic E-state index is 0.210. The first-order valence-corrected chi connectivity index (χ1v) is 10.1. The summed E-state index contributed by atoms with van der Waals surface area (Å²) in [5.74, 6) is 0. The van der Waals surface area contributed by atoms with Crippen LogP contribution in [0.4, 0.5) is 11.4 Å². The molecule has 124 valence electrons. The third-order valence-corrected chi connectivity index (χ3v) is 5.21. The van der Waals surface area contributed by atoms with E-state index >= 15 is 0 Å². The highest BCUT2D eigenvalue weighted by Crippen LogP contribution is 2.21. The minimum atomic E-state index is -3.70. The molecular weight excluding hydrogens is 336 g/mol. The largest absolute Gasteiger partial charge is 0.284 e. The lowest BCUT2D eigenvalue weighted by Gasteiger charge is -2.11. The summed E-state index contributed by atoms with van der Waals surface area (Å²) in [6, 6.07) is 11.1. The zero-order chi connectivity index (χ0) is 17.3. The Balaban J connectivity index is 2.24. The van der Waals surface area contributed by atoms with Gasteiger partial charge in [0.05, 0.1) is 11.2 Å². The molecule has 0 fully saturated rings. The van der Waals surface area contributed by atoms with Crippen molar-refractivity contribution in [2.24, 2.45) is 0 Å². The van der Waals surface area contributed by atoms with Crippen LogP contribution in [0, 0.1) is 13.8 Å². The van der Waals surface area contributed by atoms with E-state index in [1.165, 1.54) is 24.3 Å². The Morgan fingerprint density at radius 3 is 1.78 bits per heavy atom. The van der Waals surface area contributed by atoms with Crippen LogP contribution in [0.5, 0.6) is 0 Å². The van der Waals surface area contributed by atoms with E-state index in [1.807, 2.05) is 6.92 Å². The molecule has 0 aliphatic carbocycles. The molecular formula is C15H18N2O4S2. The van der Waals surface area contributed by atoms with Gasteiger partial charge in [-0.1, -0.05) is 17.7 Å². The van der Waals surface area contributed by atoms with Gasteiger partial charge in [-0.25, -0.2) is 16.8 Å². The Morgan fingerprint density at radius 1 is 0.783 bits per heavy atom. The molecule has 0 bridgehead atoms. The van der Waals surface area contributed by atoms with Gasteiger partial charge in [0.2, 0.25) is 10.0 Å². The number of aryl methyl sites for hydroxylation is 2. The first-order valence-electron chi connectivity index (χ1n) is 6.75. The molecule has 0 saturated carbocycles. The van der Waals surface area contributed by atoms with Crippen LogP contribution in [0.3, 0.4) is 0 Å². The fraction of sp³-hybridized carbons (Fsp3) is 0.200. The van der Waals surface area contributed by atoms with Gasteiger partial charge in [0.1, 0.15) is 0 Å². The molecule has 0 aromatic heterocycles. The second-order valence-electron chi connectivity index (χ2n) is 5.33. The van der Waals surface area contributed by atoms with Gasteiger partial charge in [0, 0.05) is 11.4 Å². The Kier molecular flexibility index (Phi) is 4.67. The van der Waals surface area contributed by atoms with Crippen molar-refractivity contribution in [2.45, 2.75) is 18.7 Å². The van der Waals surface area contributed by atoms with Gasteiger partial charge in [0.15, 0.2) is 0 Å². The monoisotopic (exact) mass is 354 g/mol. The SMILES string of the molecule is Cc1ccc(S(=O)(=O)Nc2ccc(NS(C)(=O)=O)cc2)c(C)c1. The smallest absolute Gasteiger partial charge is 0.262 e. The Labute approximate surface area is 136 Å². The van der Waals surface area contributed by atoms with Crippen LogP contribution in [0.15, 0.2) is 47.4 Å². The zero-order valence-corrected chi connectivity index (χ0v) is 14.6. The van der Waals surface area contributed by atoms with Gasteiger partial charge >= 0.3 is 0 Å². The van der Waals surface area contributed by atoms with Crippen molar-refractivity contribution >= 4 is 31.4 Å². The van der Waals surface area contributed by atoms with E-state index in [0.29, 0.717) is 16.9 Å². The Morgan fingerprint density at radius 2 is 1.30 bits per heavy atom. The molecule has 0 aliphatic rings. The van der Waals surface area contributed by atoms with Gasteiger partial charge in [0.25, 0.3) is 10.0 Å². The van der Waals surface area contributed by atoms with Crippen molar-refractivity contribution < 1.29 is 16.8 Å². The summed E-state index contributed by atoms with van der Waals surface area (Å²) >= 11 is 0. The number of hydrogen-bond acceptors (Lipinski definition) is 4. The predicted molar refractivity (Wildman–Crippen MR) is 91.6 cm³/mol.